The monoisotopic (exact) mass is 489 g/mol. The van der Waals surface area contributed by atoms with Crippen LogP contribution in [0.4, 0.5) is 4.79 Å². The second kappa shape index (κ2) is 9.68. The second-order valence-corrected chi connectivity index (χ2v) is 11.4. The molecule has 3 aliphatic rings. The average Bonchev–Trinajstić information content (AvgIpc) is 3.08. The van der Waals surface area contributed by atoms with Crippen LogP contribution >= 0.6 is 0 Å². The number of ketones is 1. The molecule has 3 fully saturated rings. The predicted molar refractivity (Wildman–Crippen MR) is 139 cm³/mol. The van der Waals surface area contributed by atoms with Gasteiger partial charge in [-0.2, -0.15) is 0 Å². The van der Waals surface area contributed by atoms with Gasteiger partial charge in [-0.1, -0.05) is 54.6 Å². The lowest BCUT2D eigenvalue weighted by molar-refractivity contribution is 0.00473. The summed E-state index contributed by atoms with van der Waals surface area (Å²) in [6.07, 6.45) is 3.99. The molecule has 7 heteroatoms. The number of nitrogens with zero attached hydrogens (tertiary/aromatic N) is 1. The zero-order valence-electron chi connectivity index (χ0n) is 21.7. The first-order chi connectivity index (χ1) is 17.1. The fourth-order valence-corrected chi connectivity index (χ4v) is 5.74. The minimum Gasteiger partial charge on any atom is -0.445 e. The minimum atomic E-state index is -0.497. The molecule has 0 spiro atoms. The number of benzene rings is 2. The van der Waals surface area contributed by atoms with E-state index in [1.165, 1.54) is 0 Å². The van der Waals surface area contributed by atoms with Crippen molar-refractivity contribution in [3.05, 3.63) is 65.7 Å². The van der Waals surface area contributed by atoms with Crippen molar-refractivity contribution in [3.63, 3.8) is 0 Å². The van der Waals surface area contributed by atoms with Crippen molar-refractivity contribution >= 4 is 24.5 Å². The van der Waals surface area contributed by atoms with Crippen LogP contribution in [0.1, 0.15) is 75.7 Å². The highest BCUT2D eigenvalue weighted by Gasteiger charge is 2.52. The molecule has 0 N–H and O–H groups in total. The fraction of sp³-hybridized carbons (Fsp3) is 0.517. The van der Waals surface area contributed by atoms with E-state index in [0.717, 1.165) is 30.3 Å². The van der Waals surface area contributed by atoms with Gasteiger partial charge in [0.15, 0.2) is 5.78 Å². The maximum absolute atomic E-state index is 13.6. The molecular weight excluding hydrogens is 453 g/mol. The highest BCUT2D eigenvalue weighted by Crippen LogP contribution is 2.39. The van der Waals surface area contributed by atoms with Crippen molar-refractivity contribution in [3.8, 4) is 0 Å². The molecule has 1 amide bonds. The third kappa shape index (κ3) is 4.83. The molecule has 6 nitrogen and oxygen atoms in total. The zero-order chi connectivity index (χ0) is 25.5. The van der Waals surface area contributed by atoms with Crippen LogP contribution in [0.25, 0.3) is 0 Å². The number of amides is 1. The number of Topliss-reactive ketones (excluding diaryl/α,β-unsaturated/α-hetero) is 1. The molecule has 0 radical (unpaired) electrons. The maximum atomic E-state index is 13.6. The van der Waals surface area contributed by atoms with Crippen LogP contribution in [0.3, 0.4) is 0 Å². The van der Waals surface area contributed by atoms with Gasteiger partial charge < -0.3 is 18.9 Å². The van der Waals surface area contributed by atoms with Gasteiger partial charge in [0.25, 0.3) is 0 Å². The lowest BCUT2D eigenvalue weighted by Crippen LogP contribution is -2.55. The topological polar surface area (TPSA) is 65.1 Å². The van der Waals surface area contributed by atoms with Crippen LogP contribution in [-0.2, 0) is 20.7 Å². The third-order valence-corrected chi connectivity index (χ3v) is 8.46. The quantitative estimate of drug-likeness (QED) is 0.430. The molecule has 2 bridgehead atoms. The van der Waals surface area contributed by atoms with Crippen LogP contribution < -0.4 is 5.46 Å². The number of hydrogen-bond acceptors (Lipinski definition) is 5. The zero-order valence-corrected chi connectivity index (χ0v) is 21.7. The van der Waals surface area contributed by atoms with Gasteiger partial charge in [0.1, 0.15) is 6.61 Å². The number of piperidine rings is 2. The van der Waals surface area contributed by atoms with Crippen molar-refractivity contribution in [1.29, 1.82) is 0 Å². The summed E-state index contributed by atoms with van der Waals surface area (Å²) in [7, 11) is -0.497. The summed E-state index contributed by atoms with van der Waals surface area (Å²) < 4.78 is 18.1. The van der Waals surface area contributed by atoms with Crippen LogP contribution in [-0.4, -0.2) is 47.2 Å². The molecule has 2 unspecified atom stereocenters. The molecule has 2 aromatic rings. The van der Waals surface area contributed by atoms with E-state index in [0.29, 0.717) is 18.4 Å². The van der Waals surface area contributed by atoms with Crippen molar-refractivity contribution in [2.24, 2.45) is 5.92 Å². The Hall–Kier alpha value is -2.64. The van der Waals surface area contributed by atoms with Crippen LogP contribution in [0.2, 0.25) is 0 Å². The van der Waals surface area contributed by atoms with Crippen molar-refractivity contribution < 1.29 is 23.6 Å². The Kier molecular flexibility index (Phi) is 6.73. The van der Waals surface area contributed by atoms with Gasteiger partial charge in [0, 0.05) is 23.6 Å². The summed E-state index contributed by atoms with van der Waals surface area (Å²) >= 11 is 0. The third-order valence-electron chi connectivity index (χ3n) is 8.46. The number of rotatable bonds is 5. The molecule has 0 saturated carbocycles. The van der Waals surface area contributed by atoms with Gasteiger partial charge in [-0.3, -0.25) is 4.79 Å². The lowest BCUT2D eigenvalue weighted by atomic mass is 9.74. The number of hydrogen-bond donors (Lipinski definition) is 0. The van der Waals surface area contributed by atoms with Gasteiger partial charge in [-0.25, -0.2) is 4.79 Å². The van der Waals surface area contributed by atoms with Gasteiger partial charge >= 0.3 is 13.2 Å². The molecule has 3 heterocycles. The normalized spacial score (nSPS) is 26.5. The van der Waals surface area contributed by atoms with Crippen molar-refractivity contribution in [1.82, 2.24) is 4.90 Å². The Morgan fingerprint density at radius 2 is 1.58 bits per heavy atom. The van der Waals surface area contributed by atoms with E-state index in [9.17, 15) is 9.59 Å². The van der Waals surface area contributed by atoms with Gasteiger partial charge in [-0.15, -0.1) is 0 Å². The molecule has 36 heavy (non-hydrogen) atoms. The van der Waals surface area contributed by atoms with E-state index in [4.69, 9.17) is 14.0 Å². The summed E-state index contributed by atoms with van der Waals surface area (Å²) in [6.45, 7) is 8.38. The Labute approximate surface area is 214 Å². The number of carbonyl (C=O) groups is 2. The number of ether oxygens (including phenoxy) is 1. The minimum absolute atomic E-state index is 0.0426. The Bertz CT molecular complexity index is 1090. The smallest absolute Gasteiger partial charge is 0.445 e. The van der Waals surface area contributed by atoms with Crippen LogP contribution in [0.5, 0.6) is 0 Å². The summed E-state index contributed by atoms with van der Waals surface area (Å²) in [5.41, 5.74) is 1.66. The molecule has 3 saturated heterocycles. The van der Waals surface area contributed by atoms with Crippen molar-refractivity contribution in [2.75, 3.05) is 0 Å². The van der Waals surface area contributed by atoms with Gasteiger partial charge in [0.05, 0.1) is 11.2 Å². The van der Waals surface area contributed by atoms with Gasteiger partial charge in [0.2, 0.25) is 0 Å². The number of fused-ring (bicyclic) bond motifs is 2. The molecule has 5 rings (SSSR count). The number of carbonyl (C=O) groups excluding carboxylic acids is 2. The van der Waals surface area contributed by atoms with Crippen LogP contribution in [0, 0.1) is 5.92 Å². The summed E-state index contributed by atoms with van der Waals surface area (Å²) in [4.78, 5) is 28.6. The van der Waals surface area contributed by atoms with Crippen molar-refractivity contribution in [2.45, 2.75) is 89.7 Å². The summed E-state index contributed by atoms with van der Waals surface area (Å²) in [6, 6.07) is 17.5. The van der Waals surface area contributed by atoms with E-state index >= 15 is 0 Å². The standard InChI is InChI=1S/C29H36BNO5/c1-28(2)29(3,4)36-30(35-28)23-13-8-12-21(16-23)26(32)22-17-24-14-9-15-25(18-22)31(24)27(33)34-19-20-10-6-5-7-11-20/h5-8,10-13,16,22,24-25H,9,14-15,17-19H2,1-4H3. The molecular formula is C29H36BNO5. The Morgan fingerprint density at radius 3 is 2.22 bits per heavy atom. The molecule has 3 aliphatic heterocycles. The highest BCUT2D eigenvalue weighted by atomic mass is 16.7. The first-order valence-corrected chi connectivity index (χ1v) is 13.1. The van der Waals surface area contributed by atoms with Gasteiger partial charge in [-0.05, 0) is 70.8 Å². The van der Waals surface area contributed by atoms with E-state index in [-0.39, 0.29) is 36.5 Å². The van der Waals surface area contributed by atoms with Crippen LogP contribution in [0.15, 0.2) is 54.6 Å². The van der Waals surface area contributed by atoms with E-state index < -0.39 is 18.3 Å². The first kappa shape index (κ1) is 25.0. The molecule has 0 aliphatic carbocycles. The van der Waals surface area contributed by atoms with E-state index in [1.54, 1.807) is 0 Å². The molecule has 2 atom stereocenters. The average molecular weight is 489 g/mol. The summed E-state index contributed by atoms with van der Waals surface area (Å²) in [5.74, 6) is 0.0367. The Morgan fingerprint density at radius 1 is 0.944 bits per heavy atom. The van der Waals surface area contributed by atoms with E-state index in [2.05, 4.69) is 0 Å². The predicted octanol–water partition coefficient (Wildman–Crippen LogP) is 5.14. The second-order valence-electron chi connectivity index (χ2n) is 11.4. The fourth-order valence-electron chi connectivity index (χ4n) is 5.74. The highest BCUT2D eigenvalue weighted by molar-refractivity contribution is 6.62. The summed E-state index contributed by atoms with van der Waals surface area (Å²) in [5, 5.41) is 0. The van der Waals surface area contributed by atoms with E-state index in [1.807, 2.05) is 87.2 Å². The maximum Gasteiger partial charge on any atom is 0.494 e. The lowest BCUT2D eigenvalue weighted by Gasteiger charge is -2.47. The first-order valence-electron chi connectivity index (χ1n) is 13.1. The largest absolute Gasteiger partial charge is 0.494 e. The molecule has 2 aromatic carbocycles. The molecule has 190 valence electrons. The SMILES string of the molecule is CC1(C)OB(c2cccc(C(=O)C3CC4CCCC(C3)N4C(=O)OCc3ccccc3)c2)OC1(C)C. The Balaban J connectivity index is 1.26. The molecule has 0 aromatic heterocycles.